The van der Waals surface area contributed by atoms with Crippen molar-refractivity contribution in [2.75, 3.05) is 13.7 Å². The SMILES string of the molecule is COc1ccccc1CCC(=O)NCCc1cocn1. The number of oxazole rings is 1. The number of hydrogen-bond donors (Lipinski definition) is 1. The highest BCUT2D eigenvalue weighted by atomic mass is 16.5. The molecule has 2 aromatic rings. The Labute approximate surface area is 118 Å². The van der Waals surface area contributed by atoms with Gasteiger partial charge in [-0.1, -0.05) is 18.2 Å². The fourth-order valence-electron chi connectivity index (χ4n) is 1.94. The van der Waals surface area contributed by atoms with Gasteiger partial charge in [0.05, 0.1) is 12.8 Å². The van der Waals surface area contributed by atoms with Crippen LogP contribution in [0.25, 0.3) is 0 Å². The van der Waals surface area contributed by atoms with Crippen molar-refractivity contribution in [2.24, 2.45) is 0 Å². The Morgan fingerprint density at radius 1 is 1.35 bits per heavy atom. The number of hydrogen-bond acceptors (Lipinski definition) is 4. The van der Waals surface area contributed by atoms with Crippen LogP contribution in [-0.4, -0.2) is 24.5 Å². The van der Waals surface area contributed by atoms with Gasteiger partial charge in [-0.15, -0.1) is 0 Å². The molecule has 5 heteroatoms. The van der Waals surface area contributed by atoms with E-state index in [9.17, 15) is 4.79 Å². The molecule has 1 amide bonds. The van der Waals surface area contributed by atoms with Gasteiger partial charge in [0.25, 0.3) is 0 Å². The molecular weight excluding hydrogens is 256 g/mol. The first kappa shape index (κ1) is 14.1. The van der Waals surface area contributed by atoms with Gasteiger partial charge in [-0.2, -0.15) is 0 Å². The number of amides is 1. The molecule has 0 aliphatic heterocycles. The van der Waals surface area contributed by atoms with Gasteiger partial charge < -0.3 is 14.5 Å². The number of nitrogens with one attached hydrogen (secondary N) is 1. The number of rotatable bonds is 7. The lowest BCUT2D eigenvalue weighted by Gasteiger charge is -2.08. The van der Waals surface area contributed by atoms with Gasteiger partial charge in [0.2, 0.25) is 5.91 Å². The highest BCUT2D eigenvalue weighted by Gasteiger charge is 2.06. The van der Waals surface area contributed by atoms with E-state index >= 15 is 0 Å². The quantitative estimate of drug-likeness (QED) is 0.838. The fraction of sp³-hybridized carbons (Fsp3) is 0.333. The first-order valence-corrected chi connectivity index (χ1v) is 6.55. The summed E-state index contributed by atoms with van der Waals surface area (Å²) in [5.74, 6) is 0.849. The molecule has 0 saturated heterocycles. The summed E-state index contributed by atoms with van der Waals surface area (Å²) < 4.78 is 10.1. The molecule has 1 aromatic carbocycles. The Hall–Kier alpha value is -2.30. The van der Waals surface area contributed by atoms with Gasteiger partial charge in [-0.25, -0.2) is 4.98 Å². The van der Waals surface area contributed by atoms with E-state index in [1.54, 1.807) is 13.4 Å². The number of para-hydroxylation sites is 1. The number of aromatic nitrogens is 1. The van der Waals surface area contributed by atoms with Gasteiger partial charge in [-0.3, -0.25) is 4.79 Å². The average molecular weight is 274 g/mol. The molecule has 1 N–H and O–H groups in total. The molecule has 0 saturated carbocycles. The van der Waals surface area contributed by atoms with Crippen molar-refractivity contribution >= 4 is 5.91 Å². The van der Waals surface area contributed by atoms with Crippen LogP contribution in [0, 0.1) is 0 Å². The molecule has 1 aromatic heterocycles. The molecule has 0 fully saturated rings. The molecule has 2 rings (SSSR count). The van der Waals surface area contributed by atoms with Crippen LogP contribution in [0.3, 0.4) is 0 Å². The summed E-state index contributed by atoms with van der Waals surface area (Å²) in [5, 5.41) is 2.87. The van der Waals surface area contributed by atoms with Gasteiger partial charge in [0.1, 0.15) is 12.0 Å². The van der Waals surface area contributed by atoms with Crippen LogP contribution in [0.2, 0.25) is 0 Å². The Kier molecular flexibility index (Phi) is 5.17. The molecule has 1 heterocycles. The molecular formula is C15H18N2O3. The largest absolute Gasteiger partial charge is 0.496 e. The normalized spacial score (nSPS) is 10.2. The smallest absolute Gasteiger partial charge is 0.220 e. The molecule has 0 bridgehead atoms. The Morgan fingerprint density at radius 2 is 2.20 bits per heavy atom. The van der Waals surface area contributed by atoms with Gasteiger partial charge in [-0.05, 0) is 18.1 Å². The maximum atomic E-state index is 11.7. The van der Waals surface area contributed by atoms with Crippen molar-refractivity contribution in [3.8, 4) is 5.75 Å². The molecule has 0 aliphatic carbocycles. The zero-order chi connectivity index (χ0) is 14.2. The Morgan fingerprint density at radius 3 is 2.95 bits per heavy atom. The number of carbonyl (C=O) groups is 1. The van der Waals surface area contributed by atoms with Gasteiger partial charge >= 0.3 is 0 Å². The maximum Gasteiger partial charge on any atom is 0.220 e. The fourth-order valence-corrected chi connectivity index (χ4v) is 1.94. The highest BCUT2D eigenvalue weighted by Crippen LogP contribution is 2.18. The molecule has 20 heavy (non-hydrogen) atoms. The highest BCUT2D eigenvalue weighted by molar-refractivity contribution is 5.76. The second kappa shape index (κ2) is 7.33. The third kappa shape index (κ3) is 4.12. The molecule has 0 aliphatic rings. The molecule has 0 spiro atoms. The minimum Gasteiger partial charge on any atom is -0.496 e. The standard InChI is InChI=1S/C15H18N2O3/c1-19-14-5-3-2-4-12(14)6-7-15(18)16-9-8-13-10-20-11-17-13/h2-5,10-11H,6-9H2,1H3,(H,16,18). The molecule has 106 valence electrons. The van der Waals surface area contributed by atoms with E-state index < -0.39 is 0 Å². The third-order valence-corrected chi connectivity index (χ3v) is 3.00. The minimum atomic E-state index is 0.0272. The summed E-state index contributed by atoms with van der Waals surface area (Å²) >= 11 is 0. The number of benzene rings is 1. The zero-order valence-electron chi connectivity index (χ0n) is 11.5. The number of aryl methyl sites for hydroxylation is 1. The van der Waals surface area contributed by atoms with E-state index in [0.29, 0.717) is 25.8 Å². The van der Waals surface area contributed by atoms with Crippen molar-refractivity contribution in [1.29, 1.82) is 0 Å². The minimum absolute atomic E-state index is 0.0272. The second-order valence-corrected chi connectivity index (χ2v) is 4.39. The van der Waals surface area contributed by atoms with Crippen molar-refractivity contribution in [3.63, 3.8) is 0 Å². The summed E-state index contributed by atoms with van der Waals surface area (Å²) in [6.45, 7) is 0.567. The van der Waals surface area contributed by atoms with E-state index in [-0.39, 0.29) is 5.91 Å². The van der Waals surface area contributed by atoms with E-state index in [2.05, 4.69) is 10.3 Å². The van der Waals surface area contributed by atoms with Crippen molar-refractivity contribution in [2.45, 2.75) is 19.3 Å². The van der Waals surface area contributed by atoms with E-state index in [4.69, 9.17) is 9.15 Å². The number of methoxy groups -OCH3 is 1. The van der Waals surface area contributed by atoms with Gasteiger partial charge in [0, 0.05) is 19.4 Å². The van der Waals surface area contributed by atoms with Crippen LogP contribution >= 0.6 is 0 Å². The van der Waals surface area contributed by atoms with Crippen LogP contribution in [0.5, 0.6) is 5.75 Å². The van der Waals surface area contributed by atoms with E-state index in [1.165, 1.54) is 6.39 Å². The van der Waals surface area contributed by atoms with Crippen LogP contribution in [0.15, 0.2) is 41.3 Å². The summed E-state index contributed by atoms with van der Waals surface area (Å²) in [6, 6.07) is 7.74. The zero-order valence-corrected chi connectivity index (χ0v) is 11.5. The van der Waals surface area contributed by atoms with Crippen LogP contribution in [0.1, 0.15) is 17.7 Å². The number of ether oxygens (including phenoxy) is 1. The summed E-state index contributed by atoms with van der Waals surface area (Å²) in [6.07, 6.45) is 4.76. The third-order valence-electron chi connectivity index (χ3n) is 3.00. The maximum absolute atomic E-state index is 11.7. The number of carbonyl (C=O) groups excluding carboxylic acids is 1. The van der Waals surface area contributed by atoms with Crippen molar-refractivity contribution in [3.05, 3.63) is 48.2 Å². The van der Waals surface area contributed by atoms with Crippen LogP contribution in [0.4, 0.5) is 0 Å². The Balaban J connectivity index is 1.72. The first-order chi connectivity index (χ1) is 9.79. The second-order valence-electron chi connectivity index (χ2n) is 4.39. The average Bonchev–Trinajstić information content (AvgIpc) is 2.98. The van der Waals surface area contributed by atoms with Crippen LogP contribution < -0.4 is 10.1 Å². The summed E-state index contributed by atoms with van der Waals surface area (Å²) in [7, 11) is 1.64. The molecule has 5 nitrogen and oxygen atoms in total. The summed E-state index contributed by atoms with van der Waals surface area (Å²) in [5.41, 5.74) is 1.89. The molecule has 0 unspecified atom stereocenters. The van der Waals surface area contributed by atoms with Crippen LogP contribution in [-0.2, 0) is 17.6 Å². The lowest BCUT2D eigenvalue weighted by atomic mass is 10.1. The van der Waals surface area contributed by atoms with E-state index in [0.717, 1.165) is 17.0 Å². The van der Waals surface area contributed by atoms with Crippen molar-refractivity contribution < 1.29 is 13.9 Å². The monoisotopic (exact) mass is 274 g/mol. The topological polar surface area (TPSA) is 64.4 Å². The van der Waals surface area contributed by atoms with E-state index in [1.807, 2.05) is 24.3 Å². The first-order valence-electron chi connectivity index (χ1n) is 6.55. The lowest BCUT2D eigenvalue weighted by molar-refractivity contribution is -0.121. The predicted octanol–water partition coefficient (Wildman–Crippen LogP) is 1.97. The number of nitrogens with zero attached hydrogens (tertiary/aromatic N) is 1. The lowest BCUT2D eigenvalue weighted by Crippen LogP contribution is -2.26. The van der Waals surface area contributed by atoms with Gasteiger partial charge in [0.15, 0.2) is 6.39 Å². The van der Waals surface area contributed by atoms with Crippen molar-refractivity contribution in [1.82, 2.24) is 10.3 Å². The molecule has 0 radical (unpaired) electrons. The predicted molar refractivity (Wildman–Crippen MR) is 74.5 cm³/mol. The Bertz CT molecular complexity index is 538. The summed E-state index contributed by atoms with van der Waals surface area (Å²) in [4.78, 5) is 15.7. The molecule has 0 atom stereocenters.